The first-order valence-electron chi connectivity index (χ1n) is 5.61. The summed E-state index contributed by atoms with van der Waals surface area (Å²) in [6, 6.07) is 10.8. The number of rotatable bonds is 2. The van der Waals surface area contributed by atoms with Gasteiger partial charge in [-0.05, 0) is 24.3 Å². The lowest BCUT2D eigenvalue weighted by Crippen LogP contribution is -2.15. The van der Waals surface area contributed by atoms with Crippen molar-refractivity contribution in [2.75, 3.05) is 7.11 Å². The lowest BCUT2D eigenvalue weighted by Gasteiger charge is -2.01. The number of nitrogens with zero attached hydrogens (tertiary/aromatic N) is 1. The third kappa shape index (κ3) is 1.72. The van der Waals surface area contributed by atoms with Gasteiger partial charge in [-0.2, -0.15) is 0 Å². The van der Waals surface area contributed by atoms with E-state index in [0.29, 0.717) is 0 Å². The number of halogens is 1. The molecule has 3 rings (SSSR count). The minimum absolute atomic E-state index is 0.252. The molecule has 0 aliphatic heterocycles. The summed E-state index contributed by atoms with van der Waals surface area (Å²) in [6.45, 7) is 0. The number of pyridine rings is 1. The van der Waals surface area contributed by atoms with Crippen LogP contribution >= 0.6 is 0 Å². The summed E-state index contributed by atoms with van der Waals surface area (Å²) in [4.78, 5) is 3.23. The largest absolute Gasteiger partial charge is 0.494 e. The second kappa shape index (κ2) is 4.14. The summed E-state index contributed by atoms with van der Waals surface area (Å²) in [7, 11) is 1.46. The molecule has 2 heterocycles. The lowest BCUT2D eigenvalue weighted by molar-refractivity contribution is -0.509. The van der Waals surface area contributed by atoms with Gasteiger partial charge >= 0.3 is 0 Å². The van der Waals surface area contributed by atoms with Gasteiger partial charge in [0.15, 0.2) is 17.3 Å². The zero-order valence-electron chi connectivity index (χ0n) is 9.85. The fraction of sp³-hybridized carbons (Fsp3) is 0.0714. The maximum absolute atomic E-state index is 13.6. The Kier molecular flexibility index (Phi) is 2.48. The first-order chi connectivity index (χ1) is 8.78. The van der Waals surface area contributed by atoms with Crippen LogP contribution in [0.25, 0.3) is 16.9 Å². The third-order valence-corrected chi connectivity index (χ3v) is 2.88. The number of imidazole rings is 1. The molecule has 18 heavy (non-hydrogen) atoms. The van der Waals surface area contributed by atoms with E-state index in [-0.39, 0.29) is 11.6 Å². The van der Waals surface area contributed by atoms with E-state index < -0.39 is 0 Å². The highest BCUT2D eigenvalue weighted by atomic mass is 19.1. The van der Waals surface area contributed by atoms with Crippen molar-refractivity contribution in [3.05, 3.63) is 54.6 Å². The molecule has 0 amide bonds. The molecule has 0 spiro atoms. The molecule has 0 saturated carbocycles. The minimum Gasteiger partial charge on any atom is -0.494 e. The maximum Gasteiger partial charge on any atom is 0.284 e. The van der Waals surface area contributed by atoms with Crippen molar-refractivity contribution in [3.63, 3.8) is 0 Å². The highest BCUT2D eigenvalue weighted by Gasteiger charge is 2.12. The molecule has 0 unspecified atom stereocenters. The number of aromatic nitrogens is 2. The number of aromatic amines is 1. The number of H-pyrrole nitrogens is 1. The number of nitrogens with one attached hydrogen (secondary N) is 1. The maximum atomic E-state index is 13.6. The third-order valence-electron chi connectivity index (χ3n) is 2.88. The average Bonchev–Trinajstić information content (AvgIpc) is 2.82. The molecule has 0 fully saturated rings. The van der Waals surface area contributed by atoms with Crippen molar-refractivity contribution in [3.8, 4) is 17.0 Å². The van der Waals surface area contributed by atoms with Crippen LogP contribution in [0.3, 0.4) is 0 Å². The number of hydrogen-bond acceptors (Lipinski definition) is 1. The zero-order chi connectivity index (χ0) is 12.5. The second-order valence-electron chi connectivity index (χ2n) is 4.01. The molecule has 1 N–H and O–H groups in total. The van der Waals surface area contributed by atoms with Crippen molar-refractivity contribution in [1.82, 2.24) is 4.98 Å². The normalized spacial score (nSPS) is 10.8. The summed E-state index contributed by atoms with van der Waals surface area (Å²) >= 11 is 0. The lowest BCUT2D eigenvalue weighted by atomic mass is 10.1. The van der Waals surface area contributed by atoms with E-state index in [4.69, 9.17) is 4.74 Å². The van der Waals surface area contributed by atoms with Gasteiger partial charge in [-0.3, -0.25) is 0 Å². The van der Waals surface area contributed by atoms with Gasteiger partial charge in [0.2, 0.25) is 0 Å². The van der Waals surface area contributed by atoms with Crippen LogP contribution in [0.15, 0.2) is 48.8 Å². The molecule has 0 bridgehead atoms. The van der Waals surface area contributed by atoms with Crippen LogP contribution < -0.4 is 9.14 Å². The van der Waals surface area contributed by atoms with Gasteiger partial charge in [0.05, 0.1) is 13.3 Å². The Morgan fingerprint density at radius 3 is 2.83 bits per heavy atom. The number of fused-ring (bicyclic) bond motifs is 1. The Labute approximate surface area is 103 Å². The average molecular weight is 243 g/mol. The quantitative estimate of drug-likeness (QED) is 0.689. The monoisotopic (exact) mass is 243 g/mol. The first kappa shape index (κ1) is 10.8. The van der Waals surface area contributed by atoms with E-state index >= 15 is 0 Å². The van der Waals surface area contributed by atoms with Gasteiger partial charge in [0, 0.05) is 11.6 Å². The molecule has 0 aliphatic carbocycles. The van der Waals surface area contributed by atoms with E-state index in [1.807, 2.05) is 41.1 Å². The van der Waals surface area contributed by atoms with Crippen molar-refractivity contribution in [2.24, 2.45) is 0 Å². The first-order valence-corrected chi connectivity index (χ1v) is 5.61. The highest BCUT2D eigenvalue weighted by molar-refractivity contribution is 5.61. The van der Waals surface area contributed by atoms with E-state index in [1.54, 1.807) is 6.07 Å². The summed E-state index contributed by atoms with van der Waals surface area (Å²) in [5.41, 5.74) is 2.61. The fourth-order valence-electron chi connectivity index (χ4n) is 1.96. The Morgan fingerprint density at radius 2 is 2.11 bits per heavy atom. The molecular weight excluding hydrogens is 231 g/mol. The molecule has 3 nitrogen and oxygen atoms in total. The molecular formula is C14H12FN2O+. The Morgan fingerprint density at radius 1 is 1.22 bits per heavy atom. The number of benzene rings is 1. The zero-order valence-corrected chi connectivity index (χ0v) is 9.85. The van der Waals surface area contributed by atoms with Crippen LogP contribution in [0, 0.1) is 5.82 Å². The van der Waals surface area contributed by atoms with Gasteiger partial charge in [-0.25, -0.2) is 13.8 Å². The molecule has 0 atom stereocenters. The number of ether oxygens (including phenoxy) is 1. The molecule has 3 aromatic rings. The summed E-state index contributed by atoms with van der Waals surface area (Å²) < 4.78 is 20.5. The van der Waals surface area contributed by atoms with Crippen LogP contribution in [0.5, 0.6) is 5.75 Å². The predicted molar refractivity (Wildman–Crippen MR) is 65.9 cm³/mol. The Bertz CT molecular complexity index is 673. The number of methoxy groups -OCH3 is 1. The smallest absolute Gasteiger partial charge is 0.284 e. The minimum atomic E-state index is -0.362. The van der Waals surface area contributed by atoms with Crippen molar-refractivity contribution >= 4 is 5.65 Å². The van der Waals surface area contributed by atoms with Crippen LogP contribution in [0.4, 0.5) is 4.39 Å². The van der Waals surface area contributed by atoms with E-state index in [9.17, 15) is 4.39 Å². The summed E-state index contributed by atoms with van der Waals surface area (Å²) in [6.07, 6.45) is 3.87. The molecule has 90 valence electrons. The van der Waals surface area contributed by atoms with Gasteiger partial charge in [-0.1, -0.05) is 6.07 Å². The van der Waals surface area contributed by atoms with Gasteiger partial charge in [-0.15, -0.1) is 0 Å². The second-order valence-corrected chi connectivity index (χ2v) is 4.01. The Hall–Kier alpha value is -2.36. The van der Waals surface area contributed by atoms with E-state index in [1.165, 1.54) is 13.2 Å². The van der Waals surface area contributed by atoms with Crippen LogP contribution in [-0.4, -0.2) is 12.1 Å². The molecule has 1 aromatic carbocycles. The van der Waals surface area contributed by atoms with Gasteiger partial charge in [0.25, 0.3) is 5.65 Å². The SMILES string of the molecule is COc1ccc(-c2c[n+]3ccccc3[nH]2)cc1F. The molecule has 0 saturated heterocycles. The Balaban J connectivity index is 2.11. The predicted octanol–water partition coefficient (Wildman–Crippen LogP) is 2.57. The van der Waals surface area contributed by atoms with Crippen LogP contribution in [0.2, 0.25) is 0 Å². The topological polar surface area (TPSA) is 29.1 Å². The summed E-state index contributed by atoms with van der Waals surface area (Å²) in [5, 5.41) is 0. The van der Waals surface area contributed by atoms with Crippen molar-refractivity contribution in [1.29, 1.82) is 0 Å². The van der Waals surface area contributed by atoms with Crippen molar-refractivity contribution in [2.45, 2.75) is 0 Å². The van der Waals surface area contributed by atoms with E-state index in [0.717, 1.165) is 16.9 Å². The van der Waals surface area contributed by atoms with Gasteiger partial charge in [0.1, 0.15) is 6.20 Å². The van der Waals surface area contributed by atoms with E-state index in [2.05, 4.69) is 4.98 Å². The molecule has 0 radical (unpaired) electrons. The van der Waals surface area contributed by atoms with Gasteiger partial charge < -0.3 is 4.74 Å². The molecule has 0 aliphatic rings. The fourth-order valence-corrected chi connectivity index (χ4v) is 1.96. The molecule has 2 aromatic heterocycles. The molecule has 4 heteroatoms. The van der Waals surface area contributed by atoms with Crippen LogP contribution in [0.1, 0.15) is 0 Å². The summed E-state index contributed by atoms with van der Waals surface area (Å²) in [5.74, 6) is -0.110. The highest BCUT2D eigenvalue weighted by Crippen LogP contribution is 2.23. The van der Waals surface area contributed by atoms with Crippen molar-refractivity contribution < 1.29 is 13.5 Å². The van der Waals surface area contributed by atoms with Crippen LogP contribution in [-0.2, 0) is 0 Å². The standard InChI is InChI=1S/C14H11FN2O/c1-18-13-6-5-10(8-11(13)15)12-9-17-7-3-2-4-14(17)16-12/h2-9H,1H3/p+1. The number of hydrogen-bond donors (Lipinski definition) is 1.